The van der Waals surface area contributed by atoms with Gasteiger partial charge in [-0.2, -0.15) is 0 Å². The molecule has 1 N–H and O–H groups in total. The summed E-state index contributed by atoms with van der Waals surface area (Å²) in [7, 11) is 0. The number of hydrogen-bond acceptors (Lipinski definition) is 4. The van der Waals surface area contributed by atoms with E-state index in [9.17, 15) is 9.59 Å². The van der Waals surface area contributed by atoms with Gasteiger partial charge in [0.05, 0.1) is 6.26 Å². The van der Waals surface area contributed by atoms with Crippen molar-refractivity contribution in [3.05, 3.63) is 88.3 Å². The number of benzene rings is 2. The van der Waals surface area contributed by atoms with Gasteiger partial charge in [-0.25, -0.2) is 4.79 Å². The molecule has 0 unspecified atom stereocenters. The van der Waals surface area contributed by atoms with E-state index in [4.69, 9.17) is 32.4 Å². The molecule has 1 aromatic heterocycles. The predicted molar refractivity (Wildman–Crippen MR) is 98.4 cm³/mol. The molecule has 0 radical (unpaired) electrons. The number of carbonyl (C=O) groups excluding carboxylic acids is 2. The largest absolute Gasteiger partial charge is 0.457 e. The van der Waals surface area contributed by atoms with Gasteiger partial charge < -0.3 is 14.5 Å². The van der Waals surface area contributed by atoms with Gasteiger partial charge in [-0.15, -0.1) is 0 Å². The first kappa shape index (κ1) is 18.0. The van der Waals surface area contributed by atoms with E-state index in [1.165, 1.54) is 12.3 Å². The molecule has 26 heavy (non-hydrogen) atoms. The van der Waals surface area contributed by atoms with E-state index in [-0.39, 0.29) is 5.76 Å². The van der Waals surface area contributed by atoms with Crippen LogP contribution in [0.25, 0.3) is 0 Å². The summed E-state index contributed by atoms with van der Waals surface area (Å²) in [5.41, 5.74) is 0.903. The Bertz CT molecular complexity index is 890. The third-order valence-corrected chi connectivity index (χ3v) is 3.85. The number of anilines is 1. The Labute approximate surface area is 159 Å². The van der Waals surface area contributed by atoms with E-state index in [1.807, 2.05) is 0 Å². The third-order valence-electron chi connectivity index (χ3n) is 3.42. The van der Waals surface area contributed by atoms with Crippen LogP contribution >= 0.6 is 23.2 Å². The highest BCUT2D eigenvalue weighted by Crippen LogP contribution is 2.25. The molecule has 1 atom stereocenters. The summed E-state index contributed by atoms with van der Waals surface area (Å²) >= 11 is 11.9. The van der Waals surface area contributed by atoms with Gasteiger partial charge in [0, 0.05) is 21.3 Å². The molecule has 3 aromatic rings. The Balaban J connectivity index is 1.85. The van der Waals surface area contributed by atoms with E-state index < -0.39 is 18.0 Å². The second kappa shape index (κ2) is 8.08. The molecule has 1 amide bonds. The number of ether oxygens (including phenoxy) is 1. The lowest BCUT2D eigenvalue weighted by atomic mass is 10.1. The first-order valence-corrected chi connectivity index (χ1v) is 8.35. The Morgan fingerprint density at radius 2 is 1.65 bits per heavy atom. The number of furan rings is 1. The summed E-state index contributed by atoms with van der Waals surface area (Å²) in [6, 6.07) is 16.3. The minimum atomic E-state index is -1.17. The van der Waals surface area contributed by atoms with Crippen molar-refractivity contribution >= 4 is 40.8 Å². The molecule has 132 valence electrons. The van der Waals surface area contributed by atoms with Crippen LogP contribution in [0.3, 0.4) is 0 Å². The molecule has 0 aliphatic heterocycles. The molecule has 7 heteroatoms. The highest BCUT2D eigenvalue weighted by Gasteiger charge is 2.27. The molecule has 1 heterocycles. The maximum absolute atomic E-state index is 12.7. The molecule has 5 nitrogen and oxygen atoms in total. The van der Waals surface area contributed by atoms with Crippen LogP contribution in [-0.4, -0.2) is 11.9 Å². The summed E-state index contributed by atoms with van der Waals surface area (Å²) in [5.74, 6) is -1.29. The molecule has 0 spiro atoms. The summed E-state index contributed by atoms with van der Waals surface area (Å²) in [4.78, 5) is 25.0. The average Bonchev–Trinajstić information content (AvgIpc) is 3.14. The van der Waals surface area contributed by atoms with Crippen molar-refractivity contribution in [3.63, 3.8) is 0 Å². The highest BCUT2D eigenvalue weighted by atomic mass is 35.5. The summed E-state index contributed by atoms with van der Waals surface area (Å²) in [6.45, 7) is 0. The smallest absolute Gasteiger partial charge is 0.375 e. The van der Waals surface area contributed by atoms with E-state index in [0.29, 0.717) is 21.3 Å². The van der Waals surface area contributed by atoms with Crippen molar-refractivity contribution in [3.8, 4) is 0 Å². The maximum Gasteiger partial charge on any atom is 0.375 e. The van der Waals surface area contributed by atoms with Gasteiger partial charge in [0.1, 0.15) is 0 Å². The molecule has 0 aliphatic rings. The van der Waals surface area contributed by atoms with E-state index in [2.05, 4.69) is 5.32 Å². The van der Waals surface area contributed by atoms with Crippen LogP contribution in [0, 0.1) is 0 Å². The van der Waals surface area contributed by atoms with E-state index in [0.717, 1.165) is 0 Å². The Hall–Kier alpha value is -2.76. The zero-order valence-corrected chi connectivity index (χ0v) is 14.8. The van der Waals surface area contributed by atoms with Crippen molar-refractivity contribution in [2.45, 2.75) is 6.10 Å². The summed E-state index contributed by atoms with van der Waals surface area (Å²) in [6.07, 6.45) is 0.175. The zero-order chi connectivity index (χ0) is 18.5. The number of amides is 1. The molecule has 0 saturated carbocycles. The number of hydrogen-bond donors (Lipinski definition) is 1. The fourth-order valence-corrected chi connectivity index (χ4v) is 2.82. The average molecular weight is 390 g/mol. The minimum absolute atomic E-state index is 0.00420. The van der Waals surface area contributed by atoms with Crippen LogP contribution in [-0.2, 0) is 9.53 Å². The number of esters is 1. The van der Waals surface area contributed by atoms with Crippen molar-refractivity contribution < 1.29 is 18.7 Å². The Morgan fingerprint density at radius 3 is 2.27 bits per heavy atom. The standard InChI is InChI=1S/C19H13Cl2NO4/c20-13-9-14(21)11-15(10-13)22-18(23)17(12-5-2-1-3-6-12)26-19(24)16-7-4-8-25-16/h1-11,17H,(H,22,23)/t17-/m0/s1. The second-order valence-corrected chi connectivity index (χ2v) is 6.19. The number of rotatable bonds is 5. The van der Waals surface area contributed by atoms with Gasteiger partial charge >= 0.3 is 5.97 Å². The third kappa shape index (κ3) is 4.45. The molecule has 2 aromatic carbocycles. The number of nitrogens with one attached hydrogen (secondary N) is 1. The van der Waals surface area contributed by atoms with Crippen LogP contribution < -0.4 is 5.32 Å². The number of halogens is 2. The molecule has 0 saturated heterocycles. The predicted octanol–water partition coefficient (Wildman–Crippen LogP) is 5.12. The monoisotopic (exact) mass is 389 g/mol. The van der Waals surface area contributed by atoms with Crippen LogP contribution in [0.2, 0.25) is 10.0 Å². The normalized spacial score (nSPS) is 11.6. The Morgan fingerprint density at radius 1 is 0.962 bits per heavy atom. The summed E-state index contributed by atoms with van der Waals surface area (Å²) < 4.78 is 10.4. The van der Waals surface area contributed by atoms with Gasteiger partial charge in [-0.05, 0) is 30.3 Å². The first-order chi connectivity index (χ1) is 12.5. The minimum Gasteiger partial charge on any atom is -0.457 e. The molecular weight excluding hydrogens is 377 g/mol. The lowest BCUT2D eigenvalue weighted by Crippen LogP contribution is -2.25. The van der Waals surface area contributed by atoms with Crippen LogP contribution in [0.1, 0.15) is 22.2 Å². The highest BCUT2D eigenvalue weighted by molar-refractivity contribution is 6.35. The van der Waals surface area contributed by atoms with Crippen molar-refractivity contribution in [1.29, 1.82) is 0 Å². The second-order valence-electron chi connectivity index (χ2n) is 5.32. The van der Waals surface area contributed by atoms with Crippen LogP contribution in [0.5, 0.6) is 0 Å². The molecular formula is C19H13Cl2NO4. The molecule has 0 aliphatic carbocycles. The fourth-order valence-electron chi connectivity index (χ4n) is 2.29. The van der Waals surface area contributed by atoms with Crippen LogP contribution in [0.15, 0.2) is 71.3 Å². The van der Waals surface area contributed by atoms with Gasteiger partial charge in [0.15, 0.2) is 0 Å². The number of carbonyl (C=O) groups is 2. The lowest BCUT2D eigenvalue weighted by molar-refractivity contribution is -0.125. The van der Waals surface area contributed by atoms with Crippen molar-refractivity contribution in [1.82, 2.24) is 0 Å². The lowest BCUT2D eigenvalue weighted by Gasteiger charge is -2.17. The topological polar surface area (TPSA) is 68.5 Å². The molecule has 0 bridgehead atoms. The quantitative estimate of drug-likeness (QED) is 0.614. The SMILES string of the molecule is O=C(O[C@H](C(=O)Nc1cc(Cl)cc(Cl)c1)c1ccccc1)c1ccco1. The van der Waals surface area contributed by atoms with Gasteiger partial charge in [0.25, 0.3) is 5.91 Å². The van der Waals surface area contributed by atoms with Gasteiger partial charge in [-0.3, -0.25) is 4.79 Å². The zero-order valence-electron chi connectivity index (χ0n) is 13.3. The molecule has 0 fully saturated rings. The van der Waals surface area contributed by atoms with Crippen molar-refractivity contribution in [2.24, 2.45) is 0 Å². The van der Waals surface area contributed by atoms with Gasteiger partial charge in [-0.1, -0.05) is 53.5 Å². The molecule has 3 rings (SSSR count). The van der Waals surface area contributed by atoms with E-state index in [1.54, 1.807) is 54.6 Å². The maximum atomic E-state index is 12.7. The summed E-state index contributed by atoms with van der Waals surface area (Å²) in [5, 5.41) is 3.40. The Kier molecular flexibility index (Phi) is 5.61. The van der Waals surface area contributed by atoms with E-state index >= 15 is 0 Å². The van der Waals surface area contributed by atoms with Gasteiger partial charge in [0.2, 0.25) is 11.9 Å². The first-order valence-electron chi connectivity index (χ1n) is 7.59. The fraction of sp³-hybridized carbons (Fsp3) is 0.0526. The van der Waals surface area contributed by atoms with Crippen molar-refractivity contribution in [2.75, 3.05) is 5.32 Å². The van der Waals surface area contributed by atoms with Crippen LogP contribution in [0.4, 0.5) is 5.69 Å².